The Balaban J connectivity index is 1.80. The van der Waals surface area contributed by atoms with Crippen molar-refractivity contribution >= 4 is 0 Å². The van der Waals surface area contributed by atoms with Gasteiger partial charge in [0.15, 0.2) is 0 Å². The Morgan fingerprint density at radius 3 is 2.68 bits per heavy atom. The lowest BCUT2D eigenvalue weighted by atomic mass is 10.1. The first-order valence-corrected chi connectivity index (χ1v) is 6.68. The quantitative estimate of drug-likeness (QED) is 0.833. The predicted octanol–water partition coefficient (Wildman–Crippen LogP) is 1.76. The van der Waals surface area contributed by atoms with Crippen molar-refractivity contribution in [1.29, 1.82) is 0 Å². The Morgan fingerprint density at radius 1 is 1.16 bits per heavy atom. The van der Waals surface area contributed by atoms with Crippen LogP contribution in [0, 0.1) is 6.92 Å². The molecule has 1 fully saturated rings. The molecule has 0 aromatic carbocycles. The van der Waals surface area contributed by atoms with Crippen LogP contribution >= 0.6 is 0 Å². The van der Waals surface area contributed by atoms with Crippen LogP contribution < -0.4 is 5.84 Å². The van der Waals surface area contributed by atoms with Crippen LogP contribution in [0.15, 0.2) is 30.9 Å². The fourth-order valence-corrected chi connectivity index (χ4v) is 2.55. The van der Waals surface area contributed by atoms with Gasteiger partial charge in [0.1, 0.15) is 0 Å². The lowest BCUT2D eigenvalue weighted by Gasteiger charge is -2.28. The molecule has 2 aromatic rings. The largest absolute Gasteiger partial charge is 0.269 e. The van der Waals surface area contributed by atoms with E-state index in [-0.39, 0.29) is 0 Å². The summed E-state index contributed by atoms with van der Waals surface area (Å²) in [6.07, 6.45) is 9.91. The van der Waals surface area contributed by atoms with Crippen molar-refractivity contribution in [1.82, 2.24) is 19.8 Å². The summed E-state index contributed by atoms with van der Waals surface area (Å²) in [5.41, 5.74) is 3.43. The molecular weight excluding hydrogens is 238 g/mol. The van der Waals surface area contributed by atoms with Gasteiger partial charge in [0, 0.05) is 42.8 Å². The molecule has 0 saturated carbocycles. The minimum atomic E-state index is 0.464. The maximum atomic E-state index is 5.78. The van der Waals surface area contributed by atoms with Gasteiger partial charge in [-0.15, -0.1) is 0 Å². The van der Waals surface area contributed by atoms with E-state index in [1.54, 1.807) is 0 Å². The fourth-order valence-electron chi connectivity index (χ4n) is 2.55. The second-order valence-electron chi connectivity index (χ2n) is 5.23. The van der Waals surface area contributed by atoms with Gasteiger partial charge in [-0.1, -0.05) is 0 Å². The standard InChI is InChI=1S/C14H19N5/c1-11-6-12(8-16-7-11)13-9-17-19(10-13)14-2-4-18(15)5-3-14/h6-10,14H,2-5,15H2,1H3. The number of nitrogens with two attached hydrogens (primary N) is 1. The zero-order chi connectivity index (χ0) is 13.2. The summed E-state index contributed by atoms with van der Waals surface area (Å²) in [6.45, 7) is 3.93. The summed E-state index contributed by atoms with van der Waals surface area (Å²) < 4.78 is 2.07. The summed E-state index contributed by atoms with van der Waals surface area (Å²) in [6, 6.07) is 2.60. The molecule has 1 aliphatic rings. The zero-order valence-electron chi connectivity index (χ0n) is 11.2. The maximum Gasteiger partial charge on any atom is 0.0569 e. The average molecular weight is 257 g/mol. The van der Waals surface area contributed by atoms with Crippen LogP contribution in [0.4, 0.5) is 0 Å². The van der Waals surface area contributed by atoms with Gasteiger partial charge in [0.25, 0.3) is 0 Å². The number of hydrogen-bond acceptors (Lipinski definition) is 4. The highest BCUT2D eigenvalue weighted by molar-refractivity contribution is 5.61. The van der Waals surface area contributed by atoms with E-state index in [2.05, 4.69) is 34.0 Å². The molecule has 19 heavy (non-hydrogen) atoms. The Hall–Kier alpha value is -1.72. The highest BCUT2D eigenvalue weighted by Crippen LogP contribution is 2.24. The third-order valence-electron chi connectivity index (χ3n) is 3.68. The summed E-state index contributed by atoms with van der Waals surface area (Å²) in [7, 11) is 0. The average Bonchev–Trinajstić information content (AvgIpc) is 2.89. The van der Waals surface area contributed by atoms with Crippen LogP contribution in [-0.2, 0) is 0 Å². The number of rotatable bonds is 2. The molecule has 0 bridgehead atoms. The molecule has 0 unspecified atom stereocenters. The summed E-state index contributed by atoms with van der Waals surface area (Å²) in [5, 5.41) is 6.38. The molecule has 2 aromatic heterocycles. The normalized spacial score (nSPS) is 17.8. The molecule has 0 radical (unpaired) electrons. The van der Waals surface area contributed by atoms with Crippen molar-refractivity contribution in [3.05, 3.63) is 36.4 Å². The third kappa shape index (κ3) is 2.67. The molecule has 100 valence electrons. The molecular formula is C14H19N5. The maximum absolute atomic E-state index is 5.78. The van der Waals surface area contributed by atoms with Crippen LogP contribution in [0.3, 0.4) is 0 Å². The molecule has 0 atom stereocenters. The Bertz CT molecular complexity index is 554. The van der Waals surface area contributed by atoms with Crippen LogP contribution in [-0.4, -0.2) is 32.9 Å². The Kier molecular flexibility index (Phi) is 3.31. The zero-order valence-corrected chi connectivity index (χ0v) is 11.2. The van der Waals surface area contributed by atoms with Crippen molar-refractivity contribution in [3.63, 3.8) is 0 Å². The summed E-state index contributed by atoms with van der Waals surface area (Å²) in [5.74, 6) is 5.78. The molecule has 3 heterocycles. The second kappa shape index (κ2) is 5.11. The van der Waals surface area contributed by atoms with Gasteiger partial charge in [-0.2, -0.15) is 5.10 Å². The van der Waals surface area contributed by atoms with E-state index < -0.39 is 0 Å². The molecule has 0 aliphatic carbocycles. The van der Waals surface area contributed by atoms with E-state index in [1.807, 2.05) is 23.6 Å². The lowest BCUT2D eigenvalue weighted by molar-refractivity contribution is 0.183. The van der Waals surface area contributed by atoms with Gasteiger partial charge < -0.3 is 0 Å². The van der Waals surface area contributed by atoms with E-state index in [0.29, 0.717) is 6.04 Å². The monoisotopic (exact) mass is 257 g/mol. The highest BCUT2D eigenvalue weighted by atomic mass is 15.4. The topological polar surface area (TPSA) is 60.0 Å². The van der Waals surface area contributed by atoms with Gasteiger partial charge >= 0.3 is 0 Å². The van der Waals surface area contributed by atoms with Crippen molar-refractivity contribution in [2.24, 2.45) is 5.84 Å². The summed E-state index contributed by atoms with van der Waals surface area (Å²) in [4.78, 5) is 4.23. The van der Waals surface area contributed by atoms with Gasteiger partial charge in [0.05, 0.1) is 12.2 Å². The minimum absolute atomic E-state index is 0.464. The van der Waals surface area contributed by atoms with Crippen LogP contribution in [0.5, 0.6) is 0 Å². The first kappa shape index (κ1) is 12.3. The number of nitrogens with zero attached hydrogens (tertiary/aromatic N) is 4. The molecule has 5 heteroatoms. The van der Waals surface area contributed by atoms with Crippen molar-refractivity contribution in [2.45, 2.75) is 25.8 Å². The van der Waals surface area contributed by atoms with Crippen LogP contribution in [0.25, 0.3) is 11.1 Å². The van der Waals surface area contributed by atoms with Crippen molar-refractivity contribution in [3.8, 4) is 11.1 Å². The third-order valence-corrected chi connectivity index (χ3v) is 3.68. The molecule has 0 spiro atoms. The van der Waals surface area contributed by atoms with Crippen LogP contribution in [0.1, 0.15) is 24.4 Å². The fraction of sp³-hybridized carbons (Fsp3) is 0.429. The Morgan fingerprint density at radius 2 is 1.95 bits per heavy atom. The van der Waals surface area contributed by atoms with E-state index in [4.69, 9.17) is 5.84 Å². The molecule has 2 N–H and O–H groups in total. The molecule has 5 nitrogen and oxygen atoms in total. The number of aromatic nitrogens is 3. The molecule has 0 amide bonds. The van der Waals surface area contributed by atoms with Crippen LogP contribution in [0.2, 0.25) is 0 Å². The number of aryl methyl sites for hydroxylation is 1. The van der Waals surface area contributed by atoms with Gasteiger partial charge in [-0.05, 0) is 31.4 Å². The van der Waals surface area contributed by atoms with Crippen molar-refractivity contribution in [2.75, 3.05) is 13.1 Å². The second-order valence-corrected chi connectivity index (χ2v) is 5.23. The highest BCUT2D eigenvalue weighted by Gasteiger charge is 2.19. The van der Waals surface area contributed by atoms with Gasteiger partial charge in [-0.25, -0.2) is 5.01 Å². The van der Waals surface area contributed by atoms with E-state index >= 15 is 0 Å². The molecule has 1 aliphatic heterocycles. The number of pyridine rings is 1. The first-order chi connectivity index (χ1) is 9.22. The minimum Gasteiger partial charge on any atom is -0.269 e. The van der Waals surface area contributed by atoms with Gasteiger partial charge in [0.2, 0.25) is 0 Å². The lowest BCUT2D eigenvalue weighted by Crippen LogP contribution is -2.39. The molecule has 1 saturated heterocycles. The smallest absolute Gasteiger partial charge is 0.0569 e. The number of piperidine rings is 1. The van der Waals surface area contributed by atoms with Gasteiger partial charge in [-0.3, -0.25) is 15.5 Å². The van der Waals surface area contributed by atoms with E-state index in [9.17, 15) is 0 Å². The summed E-state index contributed by atoms with van der Waals surface area (Å²) >= 11 is 0. The first-order valence-electron chi connectivity index (χ1n) is 6.68. The molecule has 3 rings (SSSR count). The van der Waals surface area contributed by atoms with E-state index in [1.165, 1.54) is 5.56 Å². The predicted molar refractivity (Wildman–Crippen MR) is 74.2 cm³/mol. The Labute approximate surface area is 113 Å². The SMILES string of the molecule is Cc1cncc(-c2cnn(C3CCN(N)CC3)c2)c1. The van der Waals surface area contributed by atoms with Crippen molar-refractivity contribution < 1.29 is 0 Å². The number of hydrogen-bond donors (Lipinski definition) is 1. The van der Waals surface area contributed by atoms with E-state index in [0.717, 1.165) is 37.1 Å². The number of hydrazine groups is 1.